The Balaban J connectivity index is -0.000000599. The van der Waals surface area contributed by atoms with Crippen molar-refractivity contribution in [1.82, 2.24) is 0 Å². The van der Waals surface area contributed by atoms with Crippen LogP contribution in [0.25, 0.3) is 0 Å². The molecular weight excluding hydrogens is 444 g/mol. The van der Waals surface area contributed by atoms with E-state index in [4.69, 9.17) is 46.5 Å². The standard InChI is InChI=1S/C14H26N6.2H2O4S/c1-7-9-17-11(15)13(3,4)19-20-14(5,6)12(16)18-10-8-2;2*1-5(2,3)4/h7-8H,1-2,9-10H2,3-6H3,(H2,15,17)(H2,16,18);2*(H2,1,2,3,4). The summed E-state index contributed by atoms with van der Waals surface area (Å²) in [6.07, 6.45) is 3.34. The van der Waals surface area contributed by atoms with Gasteiger partial charge in [-0.1, -0.05) is 12.2 Å². The average molecular weight is 475 g/mol. The Morgan fingerprint density at radius 3 is 1.13 bits per heavy atom. The first kappa shape index (κ1) is 32.4. The number of rotatable bonds is 8. The Labute approximate surface area is 176 Å². The van der Waals surface area contributed by atoms with Crippen molar-refractivity contribution in [2.24, 2.45) is 31.7 Å². The Morgan fingerprint density at radius 2 is 0.967 bits per heavy atom. The fraction of sp³-hybridized carbons (Fsp3) is 0.571. The number of aliphatic imine (C=N–C) groups is 2. The second kappa shape index (κ2) is 13.9. The lowest BCUT2D eigenvalue weighted by molar-refractivity contribution is 0.378. The van der Waals surface area contributed by atoms with Crippen molar-refractivity contribution in [2.75, 3.05) is 13.1 Å². The largest absolute Gasteiger partial charge is 0.394 e. The van der Waals surface area contributed by atoms with Gasteiger partial charge in [0.05, 0.1) is 13.1 Å². The molecule has 0 saturated heterocycles. The molecule has 0 aliphatic heterocycles. The lowest BCUT2D eigenvalue weighted by Crippen LogP contribution is -2.40. The van der Waals surface area contributed by atoms with Crippen molar-refractivity contribution in [1.29, 1.82) is 0 Å². The fourth-order valence-electron chi connectivity index (χ4n) is 1.07. The summed E-state index contributed by atoms with van der Waals surface area (Å²) >= 11 is 0. The average Bonchev–Trinajstić information content (AvgIpc) is 2.52. The van der Waals surface area contributed by atoms with E-state index in [0.29, 0.717) is 24.8 Å². The molecule has 0 aliphatic rings. The van der Waals surface area contributed by atoms with Gasteiger partial charge in [0.1, 0.15) is 22.7 Å². The molecule has 0 aromatic rings. The maximum absolute atomic E-state index is 8.74. The van der Waals surface area contributed by atoms with Gasteiger partial charge in [0.2, 0.25) is 0 Å². The molecule has 0 atom stereocenters. The maximum Gasteiger partial charge on any atom is 0.394 e. The first-order valence-electron chi connectivity index (χ1n) is 7.83. The van der Waals surface area contributed by atoms with E-state index in [1.807, 2.05) is 27.7 Å². The SMILES string of the molecule is C=CCN=C(N)C(C)(C)N=NC(C)(C)C(N)=NCC=C.O=S(=O)(O)O.O=S(=O)(O)O. The van der Waals surface area contributed by atoms with Gasteiger partial charge in [-0.25, -0.2) is 0 Å². The highest BCUT2D eigenvalue weighted by Crippen LogP contribution is 2.16. The predicted octanol–water partition coefficient (Wildman–Crippen LogP) is 0.777. The Hall–Kier alpha value is -2.24. The zero-order valence-corrected chi connectivity index (χ0v) is 18.8. The van der Waals surface area contributed by atoms with Crippen LogP contribution < -0.4 is 11.5 Å². The van der Waals surface area contributed by atoms with Crippen molar-refractivity contribution in [2.45, 2.75) is 38.8 Å². The molecule has 30 heavy (non-hydrogen) atoms. The molecule has 0 aromatic carbocycles. The summed E-state index contributed by atoms with van der Waals surface area (Å²) < 4.78 is 63.2. The number of hydrogen-bond donors (Lipinski definition) is 6. The fourth-order valence-corrected chi connectivity index (χ4v) is 1.07. The molecule has 0 fully saturated rings. The molecule has 0 spiro atoms. The topological polar surface area (TPSA) is 251 Å². The summed E-state index contributed by atoms with van der Waals surface area (Å²) in [5.74, 6) is 0.803. The van der Waals surface area contributed by atoms with Crippen LogP contribution >= 0.6 is 0 Å². The van der Waals surface area contributed by atoms with Gasteiger partial charge in [-0.05, 0) is 27.7 Å². The van der Waals surface area contributed by atoms with Crippen LogP contribution in [0.4, 0.5) is 0 Å². The van der Waals surface area contributed by atoms with Crippen molar-refractivity contribution >= 4 is 32.5 Å². The Morgan fingerprint density at radius 1 is 0.767 bits per heavy atom. The van der Waals surface area contributed by atoms with E-state index < -0.39 is 31.9 Å². The van der Waals surface area contributed by atoms with E-state index in [1.54, 1.807) is 12.2 Å². The van der Waals surface area contributed by atoms with Gasteiger partial charge in [0.25, 0.3) is 0 Å². The van der Waals surface area contributed by atoms with E-state index in [-0.39, 0.29) is 0 Å². The molecule has 0 heterocycles. The molecular formula is C14H30N6O8S2. The summed E-state index contributed by atoms with van der Waals surface area (Å²) in [6, 6.07) is 0. The molecule has 0 saturated carbocycles. The zero-order valence-electron chi connectivity index (χ0n) is 17.2. The second-order valence-electron chi connectivity index (χ2n) is 6.24. The van der Waals surface area contributed by atoms with Crippen LogP contribution in [-0.2, 0) is 20.8 Å². The van der Waals surface area contributed by atoms with Crippen LogP contribution in [-0.4, -0.2) is 70.9 Å². The van der Waals surface area contributed by atoms with E-state index in [1.165, 1.54) is 0 Å². The molecule has 16 heteroatoms. The van der Waals surface area contributed by atoms with E-state index in [2.05, 4.69) is 33.4 Å². The summed E-state index contributed by atoms with van der Waals surface area (Å²) in [6.45, 7) is 15.5. The monoisotopic (exact) mass is 474 g/mol. The van der Waals surface area contributed by atoms with Crippen LogP contribution in [0.1, 0.15) is 27.7 Å². The first-order chi connectivity index (χ1) is 13.2. The van der Waals surface area contributed by atoms with E-state index in [9.17, 15) is 0 Å². The minimum atomic E-state index is -4.67. The number of nitrogens with two attached hydrogens (primary N) is 2. The number of azo groups is 1. The Bertz CT molecular complexity index is 760. The summed E-state index contributed by atoms with van der Waals surface area (Å²) in [7, 11) is -9.33. The van der Waals surface area contributed by atoms with Gasteiger partial charge >= 0.3 is 20.8 Å². The van der Waals surface area contributed by atoms with Gasteiger partial charge in [-0.3, -0.25) is 28.2 Å². The zero-order chi connectivity index (χ0) is 24.8. The third kappa shape index (κ3) is 25.8. The molecule has 0 bridgehead atoms. The number of amidine groups is 2. The van der Waals surface area contributed by atoms with Crippen molar-refractivity contribution in [3.63, 3.8) is 0 Å². The molecule has 176 valence electrons. The van der Waals surface area contributed by atoms with E-state index >= 15 is 0 Å². The molecule has 0 unspecified atom stereocenters. The number of nitrogens with zero attached hydrogens (tertiary/aromatic N) is 4. The third-order valence-electron chi connectivity index (χ3n) is 2.59. The highest BCUT2D eigenvalue weighted by Gasteiger charge is 2.26. The van der Waals surface area contributed by atoms with Crippen LogP contribution in [0, 0.1) is 0 Å². The summed E-state index contributed by atoms with van der Waals surface area (Å²) in [4.78, 5) is 8.31. The van der Waals surface area contributed by atoms with Crippen molar-refractivity contribution in [3.8, 4) is 0 Å². The van der Waals surface area contributed by atoms with Crippen molar-refractivity contribution in [3.05, 3.63) is 25.3 Å². The normalized spacial score (nSPS) is 13.6. The first-order valence-corrected chi connectivity index (χ1v) is 10.6. The molecule has 0 radical (unpaired) electrons. The number of hydrogen-bond acceptors (Lipinski definition) is 8. The van der Waals surface area contributed by atoms with Gasteiger partial charge in [0.15, 0.2) is 0 Å². The Kier molecular flexibility index (Phi) is 15.0. The third-order valence-corrected chi connectivity index (χ3v) is 2.59. The molecule has 0 aromatic heterocycles. The van der Waals surface area contributed by atoms with Gasteiger partial charge in [-0.15, -0.1) is 13.2 Å². The highest BCUT2D eigenvalue weighted by molar-refractivity contribution is 7.80. The summed E-state index contributed by atoms with van der Waals surface area (Å²) in [5.41, 5.74) is 10.4. The van der Waals surface area contributed by atoms with Gasteiger partial charge < -0.3 is 11.5 Å². The van der Waals surface area contributed by atoms with Crippen LogP contribution in [0.2, 0.25) is 0 Å². The minimum absolute atomic E-state index is 0.401. The van der Waals surface area contributed by atoms with E-state index in [0.717, 1.165) is 0 Å². The highest BCUT2D eigenvalue weighted by atomic mass is 32.3. The molecule has 0 rings (SSSR count). The van der Waals surface area contributed by atoms with Gasteiger partial charge in [0, 0.05) is 0 Å². The lowest BCUT2D eigenvalue weighted by Gasteiger charge is -2.22. The van der Waals surface area contributed by atoms with Crippen LogP contribution in [0.5, 0.6) is 0 Å². The van der Waals surface area contributed by atoms with Crippen LogP contribution in [0.15, 0.2) is 45.5 Å². The smallest absolute Gasteiger partial charge is 0.385 e. The lowest BCUT2D eigenvalue weighted by atomic mass is 10.0. The van der Waals surface area contributed by atoms with Crippen LogP contribution in [0.3, 0.4) is 0 Å². The molecule has 14 nitrogen and oxygen atoms in total. The molecule has 8 N–H and O–H groups in total. The maximum atomic E-state index is 8.74. The molecule has 0 aliphatic carbocycles. The quantitative estimate of drug-likeness (QED) is 0.0946. The predicted molar refractivity (Wildman–Crippen MR) is 115 cm³/mol. The summed E-state index contributed by atoms with van der Waals surface area (Å²) in [5, 5.41) is 8.52. The minimum Gasteiger partial charge on any atom is -0.385 e. The molecule has 0 amide bonds. The second-order valence-corrected chi connectivity index (χ2v) is 8.03. The van der Waals surface area contributed by atoms with Gasteiger partial charge in [-0.2, -0.15) is 27.1 Å². The van der Waals surface area contributed by atoms with Crippen molar-refractivity contribution < 1.29 is 35.0 Å².